The topological polar surface area (TPSA) is 112 Å². The second-order valence-electron chi connectivity index (χ2n) is 10.3. The first-order chi connectivity index (χ1) is 14.5. The van der Waals surface area contributed by atoms with Crippen LogP contribution in [-0.4, -0.2) is 83.5 Å². The number of amides is 3. The molecule has 3 aliphatic heterocycles. The summed E-state index contributed by atoms with van der Waals surface area (Å²) in [5.74, 6) is -0.272. The highest BCUT2D eigenvalue weighted by atomic mass is 31.2. The molecule has 5 unspecified atom stereocenters. The Hall–Kier alpha value is -0.990. The van der Waals surface area contributed by atoms with Gasteiger partial charge in [0.25, 0.3) is 5.91 Å². The van der Waals surface area contributed by atoms with E-state index < -0.39 is 29.6 Å². The highest BCUT2D eigenvalue weighted by molar-refractivity contribution is 7.53. The average Bonchev–Trinajstić information content (AvgIpc) is 3.63. The lowest BCUT2D eigenvalue weighted by molar-refractivity contribution is -0.151. The summed E-state index contributed by atoms with van der Waals surface area (Å²) in [5, 5.41) is 0. The van der Waals surface area contributed by atoms with E-state index in [4.69, 9.17) is 14.0 Å². The van der Waals surface area contributed by atoms with Crippen LogP contribution in [0.3, 0.4) is 0 Å². The molecule has 3 heterocycles. The van der Waals surface area contributed by atoms with E-state index in [1.165, 1.54) is 12.0 Å². The molecule has 0 aromatic carbocycles. The first-order valence-electron chi connectivity index (χ1n) is 11.2. The van der Waals surface area contributed by atoms with E-state index in [1.54, 1.807) is 4.90 Å². The van der Waals surface area contributed by atoms with Gasteiger partial charge in [-0.05, 0) is 31.1 Å². The van der Waals surface area contributed by atoms with Gasteiger partial charge in [0.2, 0.25) is 0 Å². The number of carbonyl (C=O) groups excluding carboxylic acids is 2. The molecular formula is C21H35N2O7P. The third kappa shape index (κ3) is 3.48. The number of ether oxygens (including phenoxy) is 2. The number of hydrogen-bond donors (Lipinski definition) is 1. The predicted molar refractivity (Wildman–Crippen MR) is 113 cm³/mol. The summed E-state index contributed by atoms with van der Waals surface area (Å²) in [5.41, 5.74) is -3.33. The first-order valence-corrected chi connectivity index (χ1v) is 12.9. The van der Waals surface area contributed by atoms with Crippen molar-refractivity contribution in [2.24, 2.45) is 10.8 Å². The van der Waals surface area contributed by atoms with Crippen molar-refractivity contribution in [1.82, 2.24) is 9.80 Å². The van der Waals surface area contributed by atoms with Gasteiger partial charge >= 0.3 is 13.6 Å². The van der Waals surface area contributed by atoms with Crippen LogP contribution in [0.25, 0.3) is 0 Å². The van der Waals surface area contributed by atoms with E-state index in [-0.39, 0.29) is 30.7 Å². The largest absolute Gasteiger partial charge is 0.371 e. The minimum absolute atomic E-state index is 0.107. The Morgan fingerprint density at radius 2 is 1.68 bits per heavy atom. The van der Waals surface area contributed by atoms with Gasteiger partial charge in [0, 0.05) is 12.5 Å². The van der Waals surface area contributed by atoms with Gasteiger partial charge in [0.15, 0.2) is 0 Å². The normalized spacial score (nSPS) is 37.9. The fraction of sp³-hybridized carbons (Fsp3) is 0.905. The van der Waals surface area contributed by atoms with Gasteiger partial charge in [-0.1, -0.05) is 27.7 Å². The van der Waals surface area contributed by atoms with Crippen molar-refractivity contribution < 1.29 is 33.0 Å². The molecule has 0 bridgehead atoms. The summed E-state index contributed by atoms with van der Waals surface area (Å²) >= 11 is 0. The van der Waals surface area contributed by atoms with Gasteiger partial charge < -0.3 is 23.8 Å². The van der Waals surface area contributed by atoms with E-state index in [0.717, 1.165) is 0 Å². The molecule has 4 rings (SSSR count). The Bertz CT molecular complexity index is 806. The molecule has 4 fully saturated rings. The van der Waals surface area contributed by atoms with Crippen molar-refractivity contribution >= 4 is 19.5 Å². The monoisotopic (exact) mass is 458 g/mol. The lowest BCUT2D eigenvalue weighted by Crippen LogP contribution is -2.70. The van der Waals surface area contributed by atoms with Crippen molar-refractivity contribution in [3.05, 3.63) is 0 Å². The van der Waals surface area contributed by atoms with E-state index >= 15 is 0 Å². The molecule has 4 aliphatic rings. The lowest BCUT2D eigenvalue weighted by atomic mass is 9.51. The minimum Gasteiger partial charge on any atom is -0.371 e. The Morgan fingerprint density at radius 3 is 2.16 bits per heavy atom. The van der Waals surface area contributed by atoms with Crippen molar-refractivity contribution in [3.8, 4) is 0 Å². The highest BCUT2D eigenvalue weighted by Gasteiger charge is 2.74. The molecule has 1 N–H and O–H groups in total. The van der Waals surface area contributed by atoms with Crippen LogP contribution in [0.15, 0.2) is 0 Å². The fourth-order valence-electron chi connectivity index (χ4n) is 6.33. The molecule has 0 aromatic heterocycles. The number of rotatable bonds is 8. The number of hydrogen-bond acceptors (Lipinski definition) is 6. The number of nitrogens with zero attached hydrogens (tertiary/aromatic N) is 2. The quantitative estimate of drug-likeness (QED) is 0.338. The van der Waals surface area contributed by atoms with Crippen LogP contribution in [0.2, 0.25) is 0 Å². The van der Waals surface area contributed by atoms with Crippen molar-refractivity contribution in [3.63, 3.8) is 0 Å². The first kappa shape index (κ1) is 23.2. The Morgan fingerprint density at radius 1 is 1.13 bits per heavy atom. The molecule has 3 saturated heterocycles. The molecule has 1 aliphatic carbocycles. The predicted octanol–water partition coefficient (Wildman–Crippen LogP) is 2.61. The summed E-state index contributed by atoms with van der Waals surface area (Å²) in [7, 11) is -2.80. The SMILES string of the molecule is CCC1(CC)C(P(=O)(O)OC)CC(C)(C)CC12C(=O)N(CC1CO1)C(=O)N2CC1CO1. The van der Waals surface area contributed by atoms with Gasteiger partial charge in [-0.2, -0.15) is 0 Å². The number of urea groups is 1. The summed E-state index contributed by atoms with van der Waals surface area (Å²) in [4.78, 5) is 41.8. The number of imide groups is 1. The van der Waals surface area contributed by atoms with Crippen LogP contribution in [-0.2, 0) is 23.4 Å². The smallest absolute Gasteiger partial charge is 0.331 e. The van der Waals surface area contributed by atoms with Gasteiger partial charge in [-0.25, -0.2) is 4.79 Å². The van der Waals surface area contributed by atoms with Crippen LogP contribution in [0.4, 0.5) is 4.79 Å². The Labute approximate surface area is 183 Å². The van der Waals surface area contributed by atoms with Crippen LogP contribution in [0.1, 0.15) is 53.4 Å². The molecule has 3 amide bonds. The summed E-state index contributed by atoms with van der Waals surface area (Å²) in [6.07, 6.45) is 1.60. The summed E-state index contributed by atoms with van der Waals surface area (Å²) in [6, 6.07) is -0.344. The van der Waals surface area contributed by atoms with Gasteiger partial charge in [0.05, 0.1) is 44.2 Å². The van der Waals surface area contributed by atoms with Crippen molar-refractivity contribution in [1.29, 1.82) is 0 Å². The van der Waals surface area contributed by atoms with Crippen LogP contribution in [0, 0.1) is 10.8 Å². The zero-order chi connectivity index (χ0) is 22.8. The van der Waals surface area contributed by atoms with E-state index in [9.17, 15) is 19.0 Å². The minimum atomic E-state index is -4.05. The van der Waals surface area contributed by atoms with Crippen molar-refractivity contribution in [2.45, 2.75) is 76.8 Å². The molecule has 1 spiro atoms. The Kier molecular flexibility index (Phi) is 5.62. The average molecular weight is 458 g/mol. The summed E-state index contributed by atoms with van der Waals surface area (Å²) in [6.45, 7) is 9.51. The zero-order valence-electron chi connectivity index (χ0n) is 19.1. The Balaban J connectivity index is 1.91. The van der Waals surface area contributed by atoms with Crippen molar-refractivity contribution in [2.75, 3.05) is 33.4 Å². The molecule has 0 radical (unpaired) electrons. The van der Waals surface area contributed by atoms with Crippen LogP contribution < -0.4 is 0 Å². The van der Waals surface area contributed by atoms with E-state index in [2.05, 4.69) is 0 Å². The third-order valence-corrected chi connectivity index (χ3v) is 9.95. The summed E-state index contributed by atoms with van der Waals surface area (Å²) < 4.78 is 29.3. The van der Waals surface area contributed by atoms with E-state index in [1.807, 2.05) is 27.7 Å². The van der Waals surface area contributed by atoms with E-state index in [0.29, 0.717) is 45.4 Å². The highest BCUT2D eigenvalue weighted by Crippen LogP contribution is 2.69. The maximum Gasteiger partial charge on any atom is 0.331 e. The maximum absolute atomic E-state index is 14.2. The van der Waals surface area contributed by atoms with Gasteiger partial charge in [-0.15, -0.1) is 0 Å². The molecule has 176 valence electrons. The number of epoxide rings is 2. The molecule has 0 aromatic rings. The zero-order valence-corrected chi connectivity index (χ0v) is 20.0. The molecular weight excluding hydrogens is 423 g/mol. The maximum atomic E-state index is 14.2. The fourth-order valence-corrected chi connectivity index (χ4v) is 8.52. The standard InChI is InChI=1S/C21H35N2O7P/c1-6-20(7-2)16(31(26,27)28-5)8-19(3,4)13-21(20)17(24)22(9-14-11-29-14)18(25)23(21)10-15-12-30-15/h14-16H,6-13H2,1-5H3,(H,26,27). The second-order valence-corrected chi connectivity index (χ2v) is 12.4. The third-order valence-electron chi connectivity index (χ3n) is 7.96. The molecule has 9 nitrogen and oxygen atoms in total. The molecule has 5 atom stereocenters. The number of carbonyl (C=O) groups is 2. The van der Waals surface area contributed by atoms with Gasteiger partial charge in [-0.3, -0.25) is 14.3 Å². The molecule has 31 heavy (non-hydrogen) atoms. The molecule has 1 saturated carbocycles. The lowest BCUT2D eigenvalue weighted by Gasteiger charge is -2.61. The molecule has 10 heteroatoms. The second kappa shape index (κ2) is 7.52. The van der Waals surface area contributed by atoms with Gasteiger partial charge in [0.1, 0.15) is 5.54 Å². The van der Waals surface area contributed by atoms with Crippen LogP contribution >= 0.6 is 7.60 Å². The van der Waals surface area contributed by atoms with Crippen LogP contribution in [0.5, 0.6) is 0 Å².